The van der Waals surface area contributed by atoms with Gasteiger partial charge in [0.1, 0.15) is 0 Å². The van der Waals surface area contributed by atoms with Crippen LogP contribution in [0.2, 0.25) is 0 Å². The lowest BCUT2D eigenvalue weighted by molar-refractivity contribution is 0.248. The third kappa shape index (κ3) is 1.62. The molecule has 76 valence electrons. The molecule has 0 unspecified atom stereocenters. The van der Waals surface area contributed by atoms with Gasteiger partial charge in [-0.2, -0.15) is 0 Å². The number of benzene rings is 1. The molecule has 1 fully saturated rings. The van der Waals surface area contributed by atoms with Gasteiger partial charge in [0.05, 0.1) is 0 Å². The van der Waals surface area contributed by atoms with Crippen molar-refractivity contribution in [3.63, 3.8) is 0 Å². The van der Waals surface area contributed by atoms with E-state index in [9.17, 15) is 0 Å². The van der Waals surface area contributed by atoms with Crippen LogP contribution in [-0.4, -0.2) is 6.26 Å². The summed E-state index contributed by atoms with van der Waals surface area (Å²) in [4.78, 5) is 1.31. The Hall–Kier alpha value is 0.01000. The maximum atomic E-state index is 6.36. The monoisotopic (exact) mass is 271 g/mol. The largest absolute Gasteiger partial charge is 0.321 e. The molecule has 0 atom stereocenters. The van der Waals surface area contributed by atoms with Crippen molar-refractivity contribution in [2.24, 2.45) is 5.73 Å². The minimum atomic E-state index is -0.0710. The summed E-state index contributed by atoms with van der Waals surface area (Å²) in [5.74, 6) is 0. The standard InChI is InChI=1S/C11H14BrNS/c1-14-9-5-2-4-8(12)10(9)11(13)6-3-7-11/h2,4-5H,3,6-7,13H2,1H3. The molecular weight excluding hydrogens is 258 g/mol. The van der Waals surface area contributed by atoms with Crippen LogP contribution >= 0.6 is 27.7 Å². The molecule has 0 heterocycles. The minimum Gasteiger partial charge on any atom is -0.321 e. The Morgan fingerprint density at radius 2 is 2.14 bits per heavy atom. The lowest BCUT2D eigenvalue weighted by atomic mass is 9.73. The minimum absolute atomic E-state index is 0.0710. The average molecular weight is 272 g/mol. The maximum absolute atomic E-state index is 6.36. The first kappa shape index (κ1) is 10.5. The van der Waals surface area contributed by atoms with Crippen molar-refractivity contribution in [1.29, 1.82) is 0 Å². The van der Waals surface area contributed by atoms with Crippen LogP contribution in [0.3, 0.4) is 0 Å². The highest BCUT2D eigenvalue weighted by molar-refractivity contribution is 9.10. The van der Waals surface area contributed by atoms with Crippen LogP contribution in [0.1, 0.15) is 24.8 Å². The van der Waals surface area contributed by atoms with Crippen molar-refractivity contribution in [3.05, 3.63) is 28.2 Å². The van der Waals surface area contributed by atoms with E-state index in [1.54, 1.807) is 11.8 Å². The van der Waals surface area contributed by atoms with E-state index in [4.69, 9.17) is 5.73 Å². The van der Waals surface area contributed by atoms with Gasteiger partial charge < -0.3 is 5.73 Å². The smallest absolute Gasteiger partial charge is 0.0432 e. The molecule has 1 aromatic rings. The number of nitrogens with two attached hydrogens (primary N) is 1. The Kier molecular flexibility index (Phi) is 2.91. The van der Waals surface area contributed by atoms with Crippen molar-refractivity contribution >= 4 is 27.7 Å². The lowest BCUT2D eigenvalue weighted by Gasteiger charge is -2.40. The zero-order chi connectivity index (χ0) is 10.2. The summed E-state index contributed by atoms with van der Waals surface area (Å²) in [6.07, 6.45) is 5.59. The summed E-state index contributed by atoms with van der Waals surface area (Å²) in [5.41, 5.74) is 7.59. The topological polar surface area (TPSA) is 26.0 Å². The zero-order valence-electron chi connectivity index (χ0n) is 8.22. The molecule has 2 rings (SSSR count). The van der Waals surface area contributed by atoms with Crippen molar-refractivity contribution in [1.82, 2.24) is 0 Å². The van der Waals surface area contributed by atoms with Crippen LogP contribution in [-0.2, 0) is 5.54 Å². The summed E-state index contributed by atoms with van der Waals surface area (Å²) in [5, 5.41) is 0. The number of thioether (sulfide) groups is 1. The second-order valence-corrected chi connectivity index (χ2v) is 5.53. The fraction of sp³-hybridized carbons (Fsp3) is 0.455. The van der Waals surface area contributed by atoms with E-state index in [0.717, 1.165) is 17.3 Å². The van der Waals surface area contributed by atoms with Crippen LogP contribution in [0.25, 0.3) is 0 Å². The predicted octanol–water partition coefficient (Wildman–Crippen LogP) is 3.51. The summed E-state index contributed by atoms with van der Waals surface area (Å²) in [6.45, 7) is 0. The molecule has 3 heteroatoms. The molecule has 1 saturated carbocycles. The molecular formula is C11H14BrNS. The predicted molar refractivity (Wildman–Crippen MR) is 65.6 cm³/mol. The van der Waals surface area contributed by atoms with Gasteiger partial charge in [-0.25, -0.2) is 0 Å². The highest BCUT2D eigenvalue weighted by atomic mass is 79.9. The van der Waals surface area contributed by atoms with Gasteiger partial charge >= 0.3 is 0 Å². The normalized spacial score (nSPS) is 19.1. The van der Waals surface area contributed by atoms with Gasteiger partial charge in [-0.05, 0) is 43.2 Å². The van der Waals surface area contributed by atoms with E-state index < -0.39 is 0 Å². The molecule has 1 nitrogen and oxygen atoms in total. The summed E-state index contributed by atoms with van der Waals surface area (Å²) < 4.78 is 1.16. The molecule has 0 aliphatic heterocycles. The molecule has 0 saturated heterocycles. The van der Waals surface area contributed by atoms with Gasteiger partial charge in [-0.3, -0.25) is 0 Å². The first-order valence-electron chi connectivity index (χ1n) is 4.79. The number of hydrogen-bond acceptors (Lipinski definition) is 2. The summed E-state index contributed by atoms with van der Waals surface area (Å²) in [7, 11) is 0. The van der Waals surface area contributed by atoms with Crippen LogP contribution in [0.5, 0.6) is 0 Å². The van der Waals surface area contributed by atoms with Gasteiger partial charge in [0.2, 0.25) is 0 Å². The molecule has 0 spiro atoms. The van der Waals surface area contributed by atoms with Crippen molar-refractivity contribution in [2.45, 2.75) is 29.7 Å². The first-order valence-corrected chi connectivity index (χ1v) is 6.81. The van der Waals surface area contributed by atoms with E-state index >= 15 is 0 Å². The van der Waals surface area contributed by atoms with Crippen LogP contribution in [0, 0.1) is 0 Å². The Morgan fingerprint density at radius 1 is 1.43 bits per heavy atom. The Balaban J connectivity index is 2.49. The van der Waals surface area contributed by atoms with Gasteiger partial charge in [0, 0.05) is 14.9 Å². The van der Waals surface area contributed by atoms with Crippen molar-refractivity contribution < 1.29 is 0 Å². The maximum Gasteiger partial charge on any atom is 0.0432 e. The third-order valence-electron chi connectivity index (χ3n) is 2.94. The van der Waals surface area contributed by atoms with Gasteiger partial charge in [-0.1, -0.05) is 22.0 Å². The summed E-state index contributed by atoms with van der Waals surface area (Å²) >= 11 is 5.38. The Morgan fingerprint density at radius 3 is 2.64 bits per heavy atom. The zero-order valence-corrected chi connectivity index (χ0v) is 10.6. The van der Waals surface area contributed by atoms with Crippen molar-refractivity contribution in [3.8, 4) is 0 Å². The van der Waals surface area contributed by atoms with Crippen molar-refractivity contribution in [2.75, 3.05) is 6.26 Å². The Bertz CT molecular complexity index is 347. The molecule has 14 heavy (non-hydrogen) atoms. The molecule has 1 aromatic carbocycles. The number of halogens is 1. The third-order valence-corrected chi connectivity index (χ3v) is 4.38. The second kappa shape index (κ2) is 3.87. The first-order chi connectivity index (χ1) is 6.67. The molecule has 0 bridgehead atoms. The SMILES string of the molecule is CSc1cccc(Br)c1C1(N)CCC1. The average Bonchev–Trinajstić information content (AvgIpc) is 2.14. The Labute approximate surface area is 97.6 Å². The molecule has 2 N–H and O–H groups in total. The van der Waals surface area contributed by atoms with E-state index in [1.807, 2.05) is 0 Å². The van der Waals surface area contributed by atoms with Crippen LogP contribution in [0.4, 0.5) is 0 Å². The fourth-order valence-corrected chi connectivity index (χ4v) is 3.59. The molecule has 0 aromatic heterocycles. The number of rotatable bonds is 2. The molecule has 1 aliphatic rings. The molecule has 0 radical (unpaired) electrons. The highest BCUT2D eigenvalue weighted by Crippen LogP contribution is 2.45. The van der Waals surface area contributed by atoms with Crippen LogP contribution < -0.4 is 5.73 Å². The lowest BCUT2D eigenvalue weighted by Crippen LogP contribution is -2.44. The van der Waals surface area contributed by atoms with Gasteiger partial charge in [0.15, 0.2) is 0 Å². The highest BCUT2D eigenvalue weighted by Gasteiger charge is 2.37. The second-order valence-electron chi connectivity index (χ2n) is 3.83. The van der Waals surface area contributed by atoms with E-state index in [-0.39, 0.29) is 5.54 Å². The molecule has 0 amide bonds. The van der Waals surface area contributed by atoms with Gasteiger partial charge in [0.25, 0.3) is 0 Å². The van der Waals surface area contributed by atoms with E-state index in [2.05, 4.69) is 40.4 Å². The number of hydrogen-bond donors (Lipinski definition) is 1. The molecule has 1 aliphatic carbocycles. The quantitative estimate of drug-likeness (QED) is 0.834. The van der Waals surface area contributed by atoms with Crippen LogP contribution in [0.15, 0.2) is 27.6 Å². The van der Waals surface area contributed by atoms with Gasteiger partial charge in [-0.15, -0.1) is 11.8 Å². The van der Waals surface area contributed by atoms with E-state index in [1.165, 1.54) is 16.9 Å². The van der Waals surface area contributed by atoms with E-state index in [0.29, 0.717) is 0 Å². The summed E-state index contributed by atoms with van der Waals surface area (Å²) in [6, 6.07) is 6.31. The fourth-order valence-electron chi connectivity index (χ4n) is 1.97.